The van der Waals surface area contributed by atoms with Crippen molar-refractivity contribution in [1.29, 1.82) is 0 Å². The number of aryl methyl sites for hydroxylation is 1. The highest BCUT2D eigenvalue weighted by molar-refractivity contribution is 6.30. The van der Waals surface area contributed by atoms with Gasteiger partial charge in [-0.05, 0) is 38.1 Å². The predicted molar refractivity (Wildman–Crippen MR) is 75.4 cm³/mol. The van der Waals surface area contributed by atoms with E-state index in [2.05, 4.69) is 5.10 Å². The lowest BCUT2D eigenvalue weighted by Crippen LogP contribution is -2.18. The number of benzene rings is 1. The number of esters is 1. The van der Waals surface area contributed by atoms with E-state index in [-0.39, 0.29) is 17.9 Å². The lowest BCUT2D eigenvalue weighted by Gasteiger charge is -2.05. The molecule has 0 aliphatic carbocycles. The highest BCUT2D eigenvalue weighted by atomic mass is 35.5. The predicted octanol–water partition coefficient (Wildman–Crippen LogP) is 2.67. The summed E-state index contributed by atoms with van der Waals surface area (Å²) in [6, 6.07) is 6.31. The lowest BCUT2D eigenvalue weighted by atomic mass is 10.3. The molecule has 0 N–H and O–H groups in total. The number of nitrogens with zero attached hydrogens (tertiary/aromatic N) is 3. The standard InChI is InChI=1S/C13H12ClN3O4/c1-8-13(17(19)20)9(2)16(15-8)7-12(18)21-11-5-3-10(14)4-6-11/h3-6H,7H2,1-2H3. The van der Waals surface area contributed by atoms with Crippen molar-refractivity contribution in [3.05, 3.63) is 50.8 Å². The van der Waals surface area contributed by atoms with Crippen LogP contribution >= 0.6 is 11.6 Å². The fourth-order valence-electron chi connectivity index (χ4n) is 1.89. The number of rotatable bonds is 4. The smallest absolute Gasteiger partial charge is 0.333 e. The van der Waals surface area contributed by atoms with Gasteiger partial charge in [-0.25, -0.2) is 4.79 Å². The Morgan fingerprint density at radius 2 is 2.00 bits per heavy atom. The molecule has 7 nitrogen and oxygen atoms in total. The molecule has 1 heterocycles. The number of carbonyl (C=O) groups is 1. The van der Waals surface area contributed by atoms with Crippen LogP contribution in [0.2, 0.25) is 5.02 Å². The van der Waals surface area contributed by atoms with E-state index in [1.807, 2.05) is 0 Å². The Bertz CT molecular complexity index is 694. The molecular formula is C13H12ClN3O4. The van der Waals surface area contributed by atoms with E-state index in [1.165, 1.54) is 18.5 Å². The zero-order chi connectivity index (χ0) is 15.6. The van der Waals surface area contributed by atoms with Crippen molar-refractivity contribution in [2.24, 2.45) is 0 Å². The first kappa shape index (κ1) is 15.0. The number of halogens is 1. The van der Waals surface area contributed by atoms with Gasteiger partial charge in [0.25, 0.3) is 0 Å². The van der Waals surface area contributed by atoms with E-state index in [0.717, 1.165) is 0 Å². The number of carbonyl (C=O) groups excluding carboxylic acids is 1. The van der Waals surface area contributed by atoms with Crippen LogP contribution in [0.15, 0.2) is 24.3 Å². The Hall–Kier alpha value is -2.41. The summed E-state index contributed by atoms with van der Waals surface area (Å²) in [5.74, 6) is -0.224. The lowest BCUT2D eigenvalue weighted by molar-refractivity contribution is -0.386. The van der Waals surface area contributed by atoms with Crippen molar-refractivity contribution < 1.29 is 14.5 Å². The third-order valence-corrected chi connectivity index (χ3v) is 3.10. The summed E-state index contributed by atoms with van der Waals surface area (Å²) < 4.78 is 6.37. The SMILES string of the molecule is Cc1nn(CC(=O)Oc2ccc(Cl)cc2)c(C)c1[N+](=O)[O-]. The van der Waals surface area contributed by atoms with Gasteiger partial charge in [0, 0.05) is 5.02 Å². The van der Waals surface area contributed by atoms with Crippen LogP contribution in [0.25, 0.3) is 0 Å². The topological polar surface area (TPSA) is 87.3 Å². The van der Waals surface area contributed by atoms with E-state index >= 15 is 0 Å². The van der Waals surface area contributed by atoms with Gasteiger partial charge in [0.05, 0.1) is 4.92 Å². The minimum absolute atomic E-state index is 0.0886. The third kappa shape index (κ3) is 3.38. The van der Waals surface area contributed by atoms with Crippen LogP contribution in [0, 0.1) is 24.0 Å². The van der Waals surface area contributed by atoms with E-state index < -0.39 is 10.9 Å². The molecule has 21 heavy (non-hydrogen) atoms. The Morgan fingerprint density at radius 3 is 2.52 bits per heavy atom. The highest BCUT2D eigenvalue weighted by Gasteiger charge is 2.23. The molecule has 0 bridgehead atoms. The highest BCUT2D eigenvalue weighted by Crippen LogP contribution is 2.22. The largest absolute Gasteiger partial charge is 0.425 e. The van der Waals surface area contributed by atoms with Crippen molar-refractivity contribution >= 4 is 23.3 Å². The molecule has 0 saturated carbocycles. The van der Waals surface area contributed by atoms with Crippen LogP contribution in [0.1, 0.15) is 11.4 Å². The second kappa shape index (κ2) is 5.92. The molecule has 0 unspecified atom stereocenters. The molecule has 0 aliphatic heterocycles. The second-order valence-corrected chi connectivity index (χ2v) is 4.80. The van der Waals surface area contributed by atoms with Crippen LogP contribution in [-0.2, 0) is 11.3 Å². The summed E-state index contributed by atoms with van der Waals surface area (Å²) >= 11 is 5.73. The summed E-state index contributed by atoms with van der Waals surface area (Å²) in [4.78, 5) is 22.2. The van der Waals surface area contributed by atoms with Crippen molar-refractivity contribution in [3.63, 3.8) is 0 Å². The van der Waals surface area contributed by atoms with Gasteiger partial charge in [0.2, 0.25) is 0 Å². The number of ether oxygens (including phenoxy) is 1. The van der Waals surface area contributed by atoms with Gasteiger partial charge >= 0.3 is 11.7 Å². The van der Waals surface area contributed by atoms with Gasteiger partial charge in [0.15, 0.2) is 0 Å². The average Bonchev–Trinajstić information content (AvgIpc) is 2.67. The van der Waals surface area contributed by atoms with E-state index in [0.29, 0.717) is 16.5 Å². The zero-order valence-corrected chi connectivity index (χ0v) is 12.1. The quantitative estimate of drug-likeness (QED) is 0.375. The summed E-state index contributed by atoms with van der Waals surface area (Å²) in [7, 11) is 0. The molecule has 0 radical (unpaired) electrons. The molecule has 0 aliphatic rings. The van der Waals surface area contributed by atoms with E-state index in [4.69, 9.17) is 16.3 Å². The van der Waals surface area contributed by atoms with Gasteiger partial charge in [-0.15, -0.1) is 0 Å². The first-order valence-corrected chi connectivity index (χ1v) is 6.41. The molecule has 0 saturated heterocycles. The van der Waals surface area contributed by atoms with E-state index in [1.54, 1.807) is 24.3 Å². The molecule has 0 spiro atoms. The molecule has 0 atom stereocenters. The zero-order valence-electron chi connectivity index (χ0n) is 11.4. The maximum absolute atomic E-state index is 11.8. The minimum atomic E-state index is -0.571. The fraction of sp³-hybridized carbons (Fsp3) is 0.231. The average molecular weight is 310 g/mol. The number of hydrogen-bond donors (Lipinski definition) is 0. The van der Waals surface area contributed by atoms with Crippen LogP contribution in [0.3, 0.4) is 0 Å². The normalized spacial score (nSPS) is 10.4. The maximum Gasteiger partial charge on any atom is 0.333 e. The van der Waals surface area contributed by atoms with Crippen molar-refractivity contribution in [3.8, 4) is 5.75 Å². The van der Waals surface area contributed by atoms with Crippen molar-refractivity contribution in [2.45, 2.75) is 20.4 Å². The molecule has 1 aromatic carbocycles. The van der Waals surface area contributed by atoms with Gasteiger partial charge in [-0.1, -0.05) is 11.6 Å². The maximum atomic E-state index is 11.8. The number of nitro groups is 1. The number of hydrogen-bond acceptors (Lipinski definition) is 5. The van der Waals surface area contributed by atoms with Gasteiger partial charge in [0.1, 0.15) is 23.7 Å². The van der Waals surface area contributed by atoms with Crippen LogP contribution < -0.4 is 4.74 Å². The van der Waals surface area contributed by atoms with Crippen molar-refractivity contribution in [2.75, 3.05) is 0 Å². The molecule has 0 fully saturated rings. The second-order valence-electron chi connectivity index (χ2n) is 4.36. The Labute approximate surface area is 125 Å². The minimum Gasteiger partial charge on any atom is -0.425 e. The van der Waals surface area contributed by atoms with Crippen LogP contribution in [0.5, 0.6) is 5.75 Å². The Morgan fingerprint density at radius 1 is 1.38 bits per heavy atom. The van der Waals surface area contributed by atoms with Crippen molar-refractivity contribution in [1.82, 2.24) is 9.78 Å². The summed E-state index contributed by atoms with van der Waals surface area (Å²) in [5.41, 5.74) is 0.483. The Kier molecular flexibility index (Phi) is 4.23. The molecular weight excluding hydrogens is 298 g/mol. The summed E-state index contributed by atoms with van der Waals surface area (Å²) in [6.45, 7) is 2.85. The molecule has 0 amide bonds. The third-order valence-electron chi connectivity index (χ3n) is 2.85. The summed E-state index contributed by atoms with van der Waals surface area (Å²) in [6.07, 6.45) is 0. The molecule has 1 aromatic heterocycles. The Balaban J connectivity index is 2.11. The van der Waals surface area contributed by atoms with Crippen LogP contribution in [0.4, 0.5) is 5.69 Å². The van der Waals surface area contributed by atoms with E-state index in [9.17, 15) is 14.9 Å². The van der Waals surface area contributed by atoms with Gasteiger partial charge in [-0.2, -0.15) is 5.10 Å². The molecule has 8 heteroatoms. The molecule has 2 rings (SSSR count). The summed E-state index contributed by atoms with van der Waals surface area (Å²) in [5, 5.41) is 15.4. The molecule has 2 aromatic rings. The van der Waals surface area contributed by atoms with Gasteiger partial charge in [-0.3, -0.25) is 14.8 Å². The fourth-order valence-corrected chi connectivity index (χ4v) is 2.02. The first-order valence-electron chi connectivity index (χ1n) is 6.03. The first-order chi connectivity index (χ1) is 9.88. The van der Waals surface area contributed by atoms with Gasteiger partial charge < -0.3 is 4.74 Å². The van der Waals surface area contributed by atoms with Crippen LogP contribution in [-0.4, -0.2) is 20.7 Å². The number of aromatic nitrogens is 2. The molecule has 110 valence electrons. The monoisotopic (exact) mass is 309 g/mol.